The Bertz CT molecular complexity index is 1930. The molecular weight excluding hydrogens is 614 g/mol. The van der Waals surface area contributed by atoms with Gasteiger partial charge in [-0.3, -0.25) is 9.41 Å². The van der Waals surface area contributed by atoms with Crippen LogP contribution in [0, 0.1) is 6.57 Å². The van der Waals surface area contributed by atoms with Crippen molar-refractivity contribution in [3.63, 3.8) is 0 Å². The van der Waals surface area contributed by atoms with Gasteiger partial charge in [-0.1, -0.05) is 17.4 Å². The van der Waals surface area contributed by atoms with Crippen LogP contribution in [0.3, 0.4) is 0 Å². The van der Waals surface area contributed by atoms with Crippen molar-refractivity contribution in [1.29, 1.82) is 0 Å². The van der Waals surface area contributed by atoms with Crippen LogP contribution in [0.25, 0.3) is 31.9 Å². The molecule has 2 atom stereocenters. The monoisotopic (exact) mass is 644 g/mol. The maximum absolute atomic E-state index is 13.5. The molecule has 3 aromatic heterocycles. The zero-order valence-electron chi connectivity index (χ0n) is 24.4. The number of ether oxygens (including phenoxy) is 1. The lowest BCUT2D eigenvalue weighted by Crippen LogP contribution is -2.46. The van der Waals surface area contributed by atoms with Gasteiger partial charge < -0.3 is 9.64 Å². The van der Waals surface area contributed by atoms with Crippen molar-refractivity contribution in [3.8, 4) is 5.13 Å². The Kier molecular flexibility index (Phi) is 7.33. The number of carbonyl (C=O) groups is 1. The van der Waals surface area contributed by atoms with Gasteiger partial charge in [0.1, 0.15) is 11.9 Å². The number of aromatic nitrogens is 5. The fourth-order valence-electron chi connectivity index (χ4n) is 5.59. The smallest absolute Gasteiger partial charge is 0.410 e. The lowest BCUT2D eigenvalue weighted by atomic mass is 9.87. The quantitative estimate of drug-likeness (QED) is 0.270. The van der Waals surface area contributed by atoms with E-state index in [1.165, 1.54) is 23.0 Å². The molecule has 0 radical (unpaired) electrons. The van der Waals surface area contributed by atoms with E-state index in [2.05, 4.69) is 29.7 Å². The number of halogens is 2. The number of hydrogen-bond donors (Lipinski definition) is 1. The SMILES string of the molecule is [C-]#[N+]C1(NS(=O)(=O)c2ccc3c4c(C5CCN(C(=O)OC(C)(C)C)[C@@H](C)C5)ncnc4n(-c4nnc(C(F)F)s4)c3c2)CC1. The summed E-state index contributed by atoms with van der Waals surface area (Å²) in [5.41, 5.74) is -0.331. The molecule has 1 N–H and O–H groups in total. The second-order valence-corrected chi connectivity index (χ2v) is 14.9. The van der Waals surface area contributed by atoms with Crippen LogP contribution in [0.15, 0.2) is 29.4 Å². The average Bonchev–Trinajstić information content (AvgIpc) is 3.39. The third-order valence-electron chi connectivity index (χ3n) is 7.82. The summed E-state index contributed by atoms with van der Waals surface area (Å²) < 4.78 is 63.3. The highest BCUT2D eigenvalue weighted by Crippen LogP contribution is 2.42. The third kappa shape index (κ3) is 5.48. The van der Waals surface area contributed by atoms with Crippen LogP contribution in [0.5, 0.6) is 0 Å². The first-order chi connectivity index (χ1) is 20.7. The fraction of sp³-hybridized carbons (Fsp3) is 0.500. The number of carbonyl (C=O) groups excluding carboxylic acids is 1. The van der Waals surface area contributed by atoms with Crippen LogP contribution in [-0.2, 0) is 14.8 Å². The van der Waals surface area contributed by atoms with Crippen molar-refractivity contribution in [2.24, 2.45) is 0 Å². The van der Waals surface area contributed by atoms with Gasteiger partial charge in [-0.2, -0.15) is 0 Å². The summed E-state index contributed by atoms with van der Waals surface area (Å²) in [5.74, 6) is -0.0854. The topological polar surface area (TPSA) is 137 Å². The lowest BCUT2D eigenvalue weighted by molar-refractivity contribution is 0.0103. The predicted molar refractivity (Wildman–Crippen MR) is 158 cm³/mol. The standard InChI is InChI=1S/C28H30F2N8O4S2/c1-15-12-16(8-11-37(15)26(39)42-27(2,3)4)21-20-18-7-6-17(44(40,41)36-28(31-5)9-10-28)13-19(18)38(23(20)33-14-32-21)25-35-34-24(43-25)22(29)30/h6-7,13-16,22,36H,8-12H2,1-4H3/t15-,16?/m0/s1. The van der Waals surface area contributed by atoms with E-state index in [0.29, 0.717) is 71.2 Å². The number of nitrogens with one attached hydrogen (secondary N) is 1. The van der Waals surface area contributed by atoms with Gasteiger partial charge in [-0.05, 0) is 52.7 Å². The molecule has 4 aromatic rings. The minimum absolute atomic E-state index is 0.0854. The number of fused-ring (bicyclic) bond motifs is 3. The van der Waals surface area contributed by atoms with Gasteiger partial charge in [-0.25, -0.2) is 38.5 Å². The molecule has 1 amide bonds. The van der Waals surface area contributed by atoms with E-state index in [9.17, 15) is 22.0 Å². The molecule has 4 heterocycles. The maximum Gasteiger partial charge on any atom is 0.410 e. The van der Waals surface area contributed by atoms with Crippen LogP contribution < -0.4 is 4.72 Å². The molecule has 1 saturated carbocycles. The maximum atomic E-state index is 13.5. The molecular formula is C28H30F2N8O4S2. The number of benzene rings is 1. The molecule has 1 aromatic carbocycles. The minimum Gasteiger partial charge on any atom is -0.444 e. The first kappa shape index (κ1) is 30.2. The molecule has 0 bridgehead atoms. The van der Waals surface area contributed by atoms with E-state index in [0.717, 1.165) is 0 Å². The minimum atomic E-state index is -4.08. The summed E-state index contributed by atoms with van der Waals surface area (Å²) in [6, 6.07) is 4.37. The summed E-state index contributed by atoms with van der Waals surface area (Å²) in [5, 5.41) is 8.49. The Labute approximate surface area is 256 Å². The molecule has 2 aliphatic rings. The molecule has 12 nitrogen and oxygen atoms in total. The first-order valence-corrected chi connectivity index (χ1v) is 16.3. The molecule has 44 heavy (non-hydrogen) atoms. The predicted octanol–water partition coefficient (Wildman–Crippen LogP) is 5.55. The van der Waals surface area contributed by atoms with Gasteiger partial charge in [0.2, 0.25) is 15.2 Å². The Morgan fingerprint density at radius 3 is 2.61 bits per heavy atom. The highest BCUT2D eigenvalue weighted by atomic mass is 32.2. The van der Waals surface area contributed by atoms with Crippen LogP contribution >= 0.6 is 11.3 Å². The van der Waals surface area contributed by atoms with Crippen molar-refractivity contribution >= 4 is 49.4 Å². The molecule has 1 aliphatic carbocycles. The number of hydrogen-bond acceptors (Lipinski definition) is 9. The molecule has 1 unspecified atom stereocenters. The van der Waals surface area contributed by atoms with E-state index in [-0.39, 0.29) is 28.1 Å². The number of likely N-dealkylation sites (tertiary alicyclic amines) is 1. The van der Waals surface area contributed by atoms with Gasteiger partial charge in [0.25, 0.3) is 12.1 Å². The first-order valence-electron chi connectivity index (χ1n) is 14.1. The van der Waals surface area contributed by atoms with Crippen LogP contribution in [0.1, 0.15) is 76.4 Å². The van der Waals surface area contributed by atoms with Gasteiger partial charge >= 0.3 is 6.09 Å². The highest BCUT2D eigenvalue weighted by Gasteiger charge is 2.54. The number of sulfonamides is 1. The number of amides is 1. The number of nitrogens with zero attached hydrogens (tertiary/aromatic N) is 7. The second kappa shape index (κ2) is 10.7. The second-order valence-electron chi connectivity index (χ2n) is 12.2. The van der Waals surface area contributed by atoms with E-state index < -0.39 is 32.7 Å². The summed E-state index contributed by atoms with van der Waals surface area (Å²) in [6.45, 7) is 15.2. The van der Waals surface area contributed by atoms with E-state index in [1.807, 2.05) is 27.7 Å². The molecule has 6 rings (SSSR count). The molecule has 16 heteroatoms. The largest absolute Gasteiger partial charge is 0.444 e. The summed E-state index contributed by atoms with van der Waals surface area (Å²) in [6.07, 6.45) is 0.186. The number of rotatable bonds is 6. The highest BCUT2D eigenvalue weighted by molar-refractivity contribution is 7.89. The summed E-state index contributed by atoms with van der Waals surface area (Å²) >= 11 is 0.682. The third-order valence-corrected chi connectivity index (χ3v) is 10.3. The van der Waals surface area contributed by atoms with E-state index >= 15 is 0 Å². The zero-order chi connectivity index (χ0) is 31.6. The van der Waals surface area contributed by atoms with Gasteiger partial charge in [0.05, 0.1) is 28.9 Å². The normalized spacial score (nSPS) is 20.3. The van der Waals surface area contributed by atoms with Gasteiger partial charge in [-0.15, -0.1) is 14.9 Å². The Hall–Kier alpha value is -3.81. The number of alkyl halides is 2. The van der Waals surface area contributed by atoms with E-state index in [4.69, 9.17) is 11.3 Å². The van der Waals surface area contributed by atoms with Crippen LogP contribution in [0.4, 0.5) is 13.6 Å². The van der Waals surface area contributed by atoms with E-state index in [1.54, 1.807) is 11.0 Å². The Balaban J connectivity index is 1.46. The van der Waals surface area contributed by atoms with Crippen molar-refractivity contribution in [2.75, 3.05) is 6.54 Å². The van der Waals surface area contributed by atoms with Crippen molar-refractivity contribution in [2.45, 2.75) is 87.9 Å². The molecule has 232 valence electrons. The van der Waals surface area contributed by atoms with Crippen molar-refractivity contribution in [3.05, 3.63) is 46.6 Å². The zero-order valence-corrected chi connectivity index (χ0v) is 26.0. The van der Waals surface area contributed by atoms with Crippen molar-refractivity contribution in [1.82, 2.24) is 34.4 Å². The summed E-state index contributed by atoms with van der Waals surface area (Å²) in [4.78, 5) is 27.0. The number of piperidine rings is 1. The Morgan fingerprint density at radius 2 is 2.00 bits per heavy atom. The van der Waals surface area contributed by atoms with Crippen LogP contribution in [0.2, 0.25) is 0 Å². The average molecular weight is 645 g/mol. The van der Waals surface area contributed by atoms with Gasteiger partial charge in [0, 0.05) is 29.3 Å². The lowest BCUT2D eigenvalue weighted by Gasteiger charge is -2.38. The van der Waals surface area contributed by atoms with Crippen LogP contribution in [-0.4, -0.2) is 68.0 Å². The van der Waals surface area contributed by atoms with Gasteiger partial charge in [0.15, 0.2) is 10.7 Å². The van der Waals surface area contributed by atoms with Crippen molar-refractivity contribution < 1.29 is 26.7 Å². The molecule has 1 aliphatic heterocycles. The Morgan fingerprint density at radius 1 is 1.25 bits per heavy atom. The molecule has 2 fully saturated rings. The fourth-order valence-corrected chi connectivity index (χ4v) is 7.69. The molecule has 0 spiro atoms. The summed E-state index contributed by atoms with van der Waals surface area (Å²) in [7, 11) is -4.08. The molecule has 1 saturated heterocycles.